The molecule has 1 unspecified atom stereocenters. The van der Waals surface area contributed by atoms with E-state index in [1.165, 1.54) is 0 Å². The molecule has 7 nitrogen and oxygen atoms in total. The van der Waals surface area contributed by atoms with Gasteiger partial charge in [0, 0.05) is 56.7 Å². The highest BCUT2D eigenvalue weighted by molar-refractivity contribution is 7.85. The van der Waals surface area contributed by atoms with E-state index in [1.54, 1.807) is 7.11 Å². The minimum atomic E-state index is -1.04. The number of halogens is 1. The van der Waals surface area contributed by atoms with Crippen molar-refractivity contribution < 1.29 is 13.7 Å². The Morgan fingerprint density at radius 1 is 1.19 bits per heavy atom. The van der Waals surface area contributed by atoms with Gasteiger partial charge in [0.15, 0.2) is 0 Å². The first-order valence-electron chi connectivity index (χ1n) is 11.3. The Morgan fingerprint density at radius 2 is 1.91 bits per heavy atom. The van der Waals surface area contributed by atoms with Crippen LogP contribution in [0.15, 0.2) is 29.2 Å². The largest absolute Gasteiger partial charge is 0.381 e. The maximum atomic E-state index is 12.6. The SMILES string of the molecule is COC1(c2ccc(Cl)cc2)CCN(c2nc3c(c(NC4CCOCC4)n2)S(=O)CC3)CC1. The number of nitrogens with one attached hydrogen (secondary N) is 1. The molecule has 1 aromatic carbocycles. The Morgan fingerprint density at radius 3 is 2.59 bits per heavy atom. The van der Waals surface area contributed by atoms with Crippen molar-refractivity contribution in [2.45, 2.75) is 48.6 Å². The molecule has 9 heteroatoms. The van der Waals surface area contributed by atoms with E-state index in [2.05, 4.69) is 22.3 Å². The van der Waals surface area contributed by atoms with E-state index in [9.17, 15) is 4.21 Å². The van der Waals surface area contributed by atoms with E-state index < -0.39 is 10.8 Å². The molecule has 4 heterocycles. The van der Waals surface area contributed by atoms with Crippen molar-refractivity contribution >= 4 is 34.2 Å². The number of methoxy groups -OCH3 is 1. The van der Waals surface area contributed by atoms with Crippen molar-refractivity contribution in [1.82, 2.24) is 9.97 Å². The van der Waals surface area contributed by atoms with Gasteiger partial charge in [-0.25, -0.2) is 4.98 Å². The quantitative estimate of drug-likeness (QED) is 0.707. The van der Waals surface area contributed by atoms with Crippen LogP contribution >= 0.6 is 11.6 Å². The number of anilines is 2. The lowest BCUT2D eigenvalue weighted by atomic mass is 9.84. The van der Waals surface area contributed by atoms with Crippen molar-refractivity contribution in [1.29, 1.82) is 0 Å². The zero-order valence-electron chi connectivity index (χ0n) is 18.3. The van der Waals surface area contributed by atoms with Crippen LogP contribution in [0.2, 0.25) is 5.02 Å². The summed E-state index contributed by atoms with van der Waals surface area (Å²) in [6, 6.07) is 8.24. The van der Waals surface area contributed by atoms with Crippen LogP contribution < -0.4 is 10.2 Å². The number of fused-ring (bicyclic) bond motifs is 1. The van der Waals surface area contributed by atoms with Gasteiger partial charge < -0.3 is 19.7 Å². The molecule has 2 saturated heterocycles. The number of nitrogens with zero attached hydrogens (tertiary/aromatic N) is 3. The lowest BCUT2D eigenvalue weighted by Crippen LogP contribution is -2.44. The van der Waals surface area contributed by atoms with Gasteiger partial charge in [0.1, 0.15) is 10.7 Å². The van der Waals surface area contributed by atoms with Crippen LogP contribution in [0.4, 0.5) is 11.8 Å². The fraction of sp³-hybridized carbons (Fsp3) is 0.565. The van der Waals surface area contributed by atoms with Crippen LogP contribution in [0.5, 0.6) is 0 Å². The first kappa shape index (κ1) is 22.1. The second-order valence-electron chi connectivity index (χ2n) is 8.67. The average molecular weight is 477 g/mol. The highest BCUT2D eigenvalue weighted by Crippen LogP contribution is 2.38. The van der Waals surface area contributed by atoms with Crippen LogP contribution in [-0.4, -0.2) is 59.4 Å². The first-order valence-corrected chi connectivity index (χ1v) is 13.0. The lowest BCUT2D eigenvalue weighted by Gasteiger charge is -2.41. The monoisotopic (exact) mass is 476 g/mol. The Bertz CT molecular complexity index is 989. The number of piperidine rings is 1. The third kappa shape index (κ3) is 4.25. The van der Waals surface area contributed by atoms with E-state index in [-0.39, 0.29) is 5.60 Å². The van der Waals surface area contributed by atoms with E-state index in [0.29, 0.717) is 11.8 Å². The summed E-state index contributed by atoms with van der Waals surface area (Å²) in [6.07, 6.45) is 4.27. The van der Waals surface area contributed by atoms with Crippen molar-refractivity contribution in [2.75, 3.05) is 49.4 Å². The molecule has 172 valence electrons. The number of hydrogen-bond donors (Lipinski definition) is 1. The first-order chi connectivity index (χ1) is 15.6. The van der Waals surface area contributed by atoms with Gasteiger partial charge in [-0.3, -0.25) is 4.21 Å². The van der Waals surface area contributed by atoms with Crippen molar-refractivity contribution in [3.8, 4) is 0 Å². The van der Waals surface area contributed by atoms with Gasteiger partial charge in [0.2, 0.25) is 5.95 Å². The van der Waals surface area contributed by atoms with Gasteiger partial charge in [0.05, 0.1) is 22.1 Å². The highest BCUT2D eigenvalue weighted by Gasteiger charge is 2.38. The predicted octanol–water partition coefficient (Wildman–Crippen LogP) is 3.53. The molecule has 3 aliphatic heterocycles. The number of benzene rings is 1. The van der Waals surface area contributed by atoms with E-state index in [1.807, 2.05) is 12.1 Å². The van der Waals surface area contributed by atoms with Gasteiger partial charge in [0.25, 0.3) is 0 Å². The molecule has 0 radical (unpaired) electrons. The zero-order chi connectivity index (χ0) is 22.1. The number of hydrogen-bond acceptors (Lipinski definition) is 7. The molecular formula is C23H29ClN4O3S. The second-order valence-corrected chi connectivity index (χ2v) is 10.6. The summed E-state index contributed by atoms with van der Waals surface area (Å²) in [5.41, 5.74) is 1.74. The van der Waals surface area contributed by atoms with Gasteiger partial charge in [-0.05, 0) is 43.4 Å². The molecule has 0 amide bonds. The average Bonchev–Trinajstić information content (AvgIpc) is 3.21. The zero-order valence-corrected chi connectivity index (χ0v) is 19.9. The maximum Gasteiger partial charge on any atom is 0.227 e. The number of aromatic nitrogens is 2. The summed E-state index contributed by atoms with van der Waals surface area (Å²) in [7, 11) is 0.743. The Kier molecular flexibility index (Phi) is 6.38. The van der Waals surface area contributed by atoms with Gasteiger partial charge >= 0.3 is 0 Å². The summed E-state index contributed by atoms with van der Waals surface area (Å²) in [5.74, 6) is 2.09. The Balaban J connectivity index is 1.38. The van der Waals surface area contributed by atoms with E-state index in [4.69, 9.17) is 31.0 Å². The van der Waals surface area contributed by atoms with E-state index in [0.717, 1.165) is 91.3 Å². The molecule has 2 aromatic rings. The topological polar surface area (TPSA) is 76.6 Å². The van der Waals surface area contributed by atoms with Crippen LogP contribution in [0.25, 0.3) is 0 Å². The molecule has 1 aromatic heterocycles. The summed E-state index contributed by atoms with van der Waals surface area (Å²) in [4.78, 5) is 12.7. The van der Waals surface area contributed by atoms with Gasteiger partial charge in [-0.2, -0.15) is 4.98 Å². The van der Waals surface area contributed by atoms with Crippen LogP contribution in [0, 0.1) is 0 Å². The van der Waals surface area contributed by atoms with Crippen molar-refractivity contribution in [3.05, 3.63) is 40.5 Å². The summed E-state index contributed by atoms with van der Waals surface area (Å²) >= 11 is 6.08. The fourth-order valence-corrected chi connectivity index (χ4v) is 6.33. The highest BCUT2D eigenvalue weighted by atomic mass is 35.5. The van der Waals surface area contributed by atoms with Crippen LogP contribution in [0.3, 0.4) is 0 Å². The molecule has 0 bridgehead atoms. The molecule has 2 fully saturated rings. The Labute approximate surface area is 196 Å². The summed E-state index contributed by atoms with van der Waals surface area (Å²) in [5, 5.41) is 4.29. The van der Waals surface area contributed by atoms with Crippen molar-refractivity contribution in [2.24, 2.45) is 0 Å². The molecule has 32 heavy (non-hydrogen) atoms. The van der Waals surface area contributed by atoms with Crippen molar-refractivity contribution in [3.63, 3.8) is 0 Å². The predicted molar refractivity (Wildman–Crippen MR) is 126 cm³/mol. The number of aryl methyl sites for hydroxylation is 1. The van der Waals surface area contributed by atoms with Crippen LogP contribution in [-0.2, 0) is 32.3 Å². The fourth-order valence-electron chi connectivity index (χ4n) is 4.89. The smallest absolute Gasteiger partial charge is 0.227 e. The molecule has 1 N–H and O–H groups in total. The molecule has 0 spiro atoms. The number of ether oxygens (including phenoxy) is 2. The van der Waals surface area contributed by atoms with Gasteiger partial charge in [-0.1, -0.05) is 23.7 Å². The standard InChI is InChI=1S/C23H29ClN4O3S/c1-30-23(16-2-4-17(24)5-3-16)9-11-28(12-10-23)22-26-19-8-15-32(29)20(19)21(27-22)25-18-6-13-31-14-7-18/h2-5,18H,6-15H2,1H3,(H,25,26,27). The molecule has 0 aliphatic carbocycles. The lowest BCUT2D eigenvalue weighted by molar-refractivity contribution is -0.0348. The molecule has 5 rings (SSSR count). The normalized spacial score (nSPS) is 23.2. The molecular weight excluding hydrogens is 448 g/mol. The summed E-state index contributed by atoms with van der Waals surface area (Å²) < 4.78 is 24.2. The Hall–Kier alpha value is -1.74. The minimum Gasteiger partial charge on any atom is -0.381 e. The molecule has 0 saturated carbocycles. The summed E-state index contributed by atoms with van der Waals surface area (Å²) in [6.45, 7) is 3.07. The van der Waals surface area contributed by atoms with Crippen LogP contribution in [0.1, 0.15) is 36.9 Å². The minimum absolute atomic E-state index is 0.292. The second kappa shape index (κ2) is 9.25. The van der Waals surface area contributed by atoms with Gasteiger partial charge in [-0.15, -0.1) is 0 Å². The molecule has 1 atom stereocenters. The number of rotatable bonds is 5. The maximum absolute atomic E-state index is 12.6. The van der Waals surface area contributed by atoms with E-state index >= 15 is 0 Å². The third-order valence-electron chi connectivity index (χ3n) is 6.85. The molecule has 3 aliphatic rings. The third-order valence-corrected chi connectivity index (χ3v) is 8.56.